The summed E-state index contributed by atoms with van der Waals surface area (Å²) < 4.78 is 20.1. The highest BCUT2D eigenvalue weighted by Crippen LogP contribution is 2.35. The van der Waals surface area contributed by atoms with E-state index in [0.29, 0.717) is 12.2 Å². The molecule has 1 heterocycles. The Balaban J connectivity index is 1.68. The number of esters is 1. The molecule has 0 saturated heterocycles. The van der Waals surface area contributed by atoms with Crippen LogP contribution >= 0.6 is 11.3 Å². The molecule has 0 fully saturated rings. The number of carbonyl (C=O) groups is 1. The third-order valence-corrected chi connectivity index (χ3v) is 5.67. The number of ether oxygens (including phenoxy) is 1. The maximum Gasteiger partial charge on any atom is 0.338 e. The summed E-state index contributed by atoms with van der Waals surface area (Å²) in [5.74, 6) is -0.714. The molecule has 3 nitrogen and oxygen atoms in total. The average molecular weight is 386 g/mol. The van der Waals surface area contributed by atoms with Gasteiger partial charge in [-0.05, 0) is 47.7 Å². The van der Waals surface area contributed by atoms with Gasteiger partial charge >= 0.3 is 5.97 Å². The molecule has 0 aliphatic heterocycles. The summed E-state index contributed by atoms with van der Waals surface area (Å²) in [5.41, 5.74) is 7.01. The summed E-state index contributed by atoms with van der Waals surface area (Å²) in [6.07, 6.45) is 5.60. The SMILES string of the molecule is CCCCCCCOC(=O)c1ccc2cc(-c3ccc(N)c(F)c3)sc2c1. The van der Waals surface area contributed by atoms with Crippen LogP contribution in [0.1, 0.15) is 49.4 Å². The highest BCUT2D eigenvalue weighted by molar-refractivity contribution is 7.22. The van der Waals surface area contributed by atoms with Crippen LogP contribution in [0.5, 0.6) is 0 Å². The first kappa shape index (κ1) is 19.4. The molecular weight excluding hydrogens is 361 g/mol. The van der Waals surface area contributed by atoms with Gasteiger partial charge in [-0.25, -0.2) is 9.18 Å². The Bertz CT molecular complexity index is 935. The molecule has 27 heavy (non-hydrogen) atoms. The lowest BCUT2D eigenvalue weighted by Gasteiger charge is -2.05. The third-order valence-electron chi connectivity index (χ3n) is 4.52. The normalized spacial score (nSPS) is 11.0. The average Bonchev–Trinajstić information content (AvgIpc) is 3.09. The smallest absolute Gasteiger partial charge is 0.338 e. The van der Waals surface area contributed by atoms with Gasteiger partial charge in [-0.1, -0.05) is 44.7 Å². The van der Waals surface area contributed by atoms with Gasteiger partial charge in [0.2, 0.25) is 0 Å². The molecule has 0 aliphatic rings. The fourth-order valence-corrected chi connectivity index (χ4v) is 4.03. The molecule has 1 aromatic heterocycles. The van der Waals surface area contributed by atoms with E-state index >= 15 is 0 Å². The lowest BCUT2D eigenvalue weighted by Crippen LogP contribution is -2.06. The van der Waals surface area contributed by atoms with Gasteiger partial charge in [-0.2, -0.15) is 0 Å². The minimum Gasteiger partial charge on any atom is -0.462 e. The van der Waals surface area contributed by atoms with Gasteiger partial charge in [0.25, 0.3) is 0 Å². The summed E-state index contributed by atoms with van der Waals surface area (Å²) in [6, 6.07) is 12.3. The van der Waals surface area contributed by atoms with Gasteiger partial charge in [-0.3, -0.25) is 0 Å². The molecule has 5 heteroatoms. The van der Waals surface area contributed by atoms with Crippen molar-refractivity contribution in [2.24, 2.45) is 0 Å². The maximum absolute atomic E-state index is 13.7. The second kappa shape index (κ2) is 9.00. The van der Waals surface area contributed by atoms with Gasteiger partial charge in [-0.15, -0.1) is 11.3 Å². The lowest BCUT2D eigenvalue weighted by atomic mass is 10.1. The van der Waals surface area contributed by atoms with Gasteiger partial charge in [0.05, 0.1) is 17.9 Å². The number of thiophene rings is 1. The van der Waals surface area contributed by atoms with E-state index in [-0.39, 0.29) is 11.7 Å². The predicted molar refractivity (Wildman–Crippen MR) is 111 cm³/mol. The molecular formula is C22H24FNO2S. The number of halogens is 1. The van der Waals surface area contributed by atoms with E-state index in [2.05, 4.69) is 6.92 Å². The summed E-state index contributed by atoms with van der Waals surface area (Å²) in [5, 5.41) is 1.02. The molecule has 0 saturated carbocycles. The highest BCUT2D eigenvalue weighted by atomic mass is 32.1. The van der Waals surface area contributed by atoms with Crippen LogP contribution in [0.25, 0.3) is 20.5 Å². The van der Waals surface area contributed by atoms with E-state index in [1.165, 1.54) is 36.7 Å². The molecule has 2 N–H and O–H groups in total. The Morgan fingerprint density at radius 1 is 1.07 bits per heavy atom. The Kier molecular flexibility index (Phi) is 6.45. The maximum atomic E-state index is 13.7. The molecule has 0 radical (unpaired) electrons. The number of nitrogens with two attached hydrogens (primary N) is 1. The third kappa shape index (κ3) is 4.86. The van der Waals surface area contributed by atoms with Crippen LogP contribution in [0.2, 0.25) is 0 Å². The molecule has 0 unspecified atom stereocenters. The molecule has 2 aromatic carbocycles. The monoisotopic (exact) mass is 385 g/mol. The van der Waals surface area contributed by atoms with E-state index in [9.17, 15) is 9.18 Å². The van der Waals surface area contributed by atoms with E-state index in [1.807, 2.05) is 18.2 Å². The first-order chi connectivity index (χ1) is 13.1. The standard InChI is InChI=1S/C22H24FNO2S/c1-2-3-4-5-6-11-26-22(25)17-8-7-16-13-20(27-21(16)14-17)15-9-10-19(24)18(23)12-15/h7-10,12-14H,2-6,11,24H2,1H3. The Hall–Kier alpha value is -2.40. The predicted octanol–water partition coefficient (Wildman–Crippen LogP) is 6.42. The number of nitrogen functional groups attached to an aromatic ring is 1. The number of carbonyl (C=O) groups excluding carboxylic acids is 1. The van der Waals surface area contributed by atoms with Crippen molar-refractivity contribution in [1.82, 2.24) is 0 Å². The van der Waals surface area contributed by atoms with Gasteiger partial charge < -0.3 is 10.5 Å². The lowest BCUT2D eigenvalue weighted by molar-refractivity contribution is 0.0498. The van der Waals surface area contributed by atoms with Crippen LogP contribution in [-0.2, 0) is 4.74 Å². The van der Waals surface area contributed by atoms with Gasteiger partial charge in [0.15, 0.2) is 0 Å². The van der Waals surface area contributed by atoms with Crippen molar-refractivity contribution in [3.8, 4) is 10.4 Å². The molecule has 142 valence electrons. The zero-order valence-electron chi connectivity index (χ0n) is 15.5. The van der Waals surface area contributed by atoms with Crippen molar-refractivity contribution in [2.75, 3.05) is 12.3 Å². The second-order valence-electron chi connectivity index (χ2n) is 6.65. The molecule has 0 bridgehead atoms. The van der Waals surface area contributed by atoms with Crippen LogP contribution < -0.4 is 5.73 Å². The van der Waals surface area contributed by atoms with E-state index in [1.54, 1.807) is 18.2 Å². The van der Waals surface area contributed by atoms with E-state index in [4.69, 9.17) is 10.5 Å². The fourth-order valence-electron chi connectivity index (χ4n) is 2.93. The summed E-state index contributed by atoms with van der Waals surface area (Å²) in [4.78, 5) is 13.2. The molecule has 0 atom stereocenters. The number of benzene rings is 2. The number of rotatable bonds is 8. The Morgan fingerprint density at radius 2 is 1.89 bits per heavy atom. The fraction of sp³-hybridized carbons (Fsp3) is 0.318. The number of fused-ring (bicyclic) bond motifs is 1. The van der Waals surface area contributed by atoms with Crippen molar-refractivity contribution in [2.45, 2.75) is 39.0 Å². The topological polar surface area (TPSA) is 52.3 Å². The van der Waals surface area contributed by atoms with Crippen molar-refractivity contribution in [3.63, 3.8) is 0 Å². The van der Waals surface area contributed by atoms with Crippen LogP contribution in [0, 0.1) is 5.82 Å². The first-order valence-electron chi connectivity index (χ1n) is 9.34. The van der Waals surface area contributed by atoms with Crippen LogP contribution in [0.3, 0.4) is 0 Å². The molecule has 0 aliphatic carbocycles. The highest BCUT2D eigenvalue weighted by Gasteiger charge is 2.11. The number of hydrogen-bond acceptors (Lipinski definition) is 4. The number of unbranched alkanes of at least 4 members (excludes halogenated alkanes) is 4. The van der Waals surface area contributed by atoms with Gasteiger partial charge in [0.1, 0.15) is 5.82 Å². The molecule has 3 rings (SSSR count). The van der Waals surface area contributed by atoms with Gasteiger partial charge in [0, 0.05) is 9.58 Å². The van der Waals surface area contributed by atoms with E-state index < -0.39 is 5.82 Å². The summed E-state index contributed by atoms with van der Waals surface area (Å²) in [6.45, 7) is 2.64. The number of hydrogen-bond donors (Lipinski definition) is 1. The minimum absolute atomic E-state index is 0.139. The molecule has 0 amide bonds. The second-order valence-corrected chi connectivity index (χ2v) is 7.73. The van der Waals surface area contributed by atoms with Crippen molar-refractivity contribution in [3.05, 3.63) is 53.8 Å². The van der Waals surface area contributed by atoms with Crippen molar-refractivity contribution >= 4 is 33.1 Å². The van der Waals surface area contributed by atoms with Crippen molar-refractivity contribution < 1.29 is 13.9 Å². The first-order valence-corrected chi connectivity index (χ1v) is 10.2. The number of anilines is 1. The molecule has 0 spiro atoms. The Morgan fingerprint density at radius 3 is 2.67 bits per heavy atom. The Labute approximate surface area is 163 Å². The summed E-state index contributed by atoms with van der Waals surface area (Å²) >= 11 is 1.52. The van der Waals surface area contributed by atoms with E-state index in [0.717, 1.165) is 33.4 Å². The van der Waals surface area contributed by atoms with Crippen LogP contribution in [0.15, 0.2) is 42.5 Å². The largest absolute Gasteiger partial charge is 0.462 e. The van der Waals surface area contributed by atoms with Crippen LogP contribution in [-0.4, -0.2) is 12.6 Å². The van der Waals surface area contributed by atoms with Crippen molar-refractivity contribution in [1.29, 1.82) is 0 Å². The molecule has 3 aromatic rings. The summed E-state index contributed by atoms with van der Waals surface area (Å²) in [7, 11) is 0. The minimum atomic E-state index is -0.423. The zero-order valence-corrected chi connectivity index (χ0v) is 16.3. The zero-order chi connectivity index (χ0) is 19.2. The quantitative estimate of drug-likeness (QED) is 0.277. The van der Waals surface area contributed by atoms with Crippen LogP contribution in [0.4, 0.5) is 10.1 Å².